The number of ketones is 2. The van der Waals surface area contributed by atoms with Crippen molar-refractivity contribution in [2.24, 2.45) is 0 Å². The van der Waals surface area contributed by atoms with Crippen LogP contribution in [-0.2, 0) is 89.2 Å². The van der Waals surface area contributed by atoms with Gasteiger partial charge in [0, 0.05) is 163 Å². The lowest BCUT2D eigenvalue weighted by Crippen LogP contribution is -2.53. The molecular formula is C54H86N12O16. The van der Waals surface area contributed by atoms with Gasteiger partial charge in [0.15, 0.2) is 0 Å². The van der Waals surface area contributed by atoms with Gasteiger partial charge in [-0.15, -0.1) is 5.10 Å². The Hall–Kier alpha value is -5.56. The molecule has 8 aliphatic heterocycles. The minimum atomic E-state index is -2.68. The Bertz CT molecular complexity index is 2260. The third-order valence-corrected chi connectivity index (χ3v) is 15.1. The van der Waals surface area contributed by atoms with Gasteiger partial charge in [-0.1, -0.05) is 33.1 Å². The molecule has 1 aromatic heterocycles. The molecule has 8 fully saturated rings. The molecule has 1 N–H and O–H groups in total. The number of carbonyl (C=O) groups excluding carboxylic acids is 8. The van der Waals surface area contributed by atoms with E-state index in [9.17, 15) is 38.4 Å². The van der Waals surface area contributed by atoms with E-state index in [0.717, 1.165) is 18.5 Å². The Morgan fingerprint density at radius 1 is 0.524 bits per heavy atom. The Morgan fingerprint density at radius 2 is 0.902 bits per heavy atom. The molecule has 8 aliphatic rings. The van der Waals surface area contributed by atoms with Gasteiger partial charge in [-0.05, 0) is 25.7 Å². The largest absolute Gasteiger partial charge is 0.566 e. The smallest absolute Gasteiger partial charge is 0.400 e. The van der Waals surface area contributed by atoms with Gasteiger partial charge in [0.2, 0.25) is 5.91 Å². The number of nitrogens with zero attached hydrogens (tertiary/aromatic N) is 11. The van der Waals surface area contributed by atoms with Gasteiger partial charge in [-0.2, -0.15) is 0 Å². The number of aryl methyl sites for hydroxylation is 1. The van der Waals surface area contributed by atoms with E-state index in [4.69, 9.17) is 37.9 Å². The highest BCUT2D eigenvalue weighted by atomic mass is 17.0. The summed E-state index contributed by atoms with van der Waals surface area (Å²) in [6, 6.07) is 0. The number of fused-ring (bicyclic) bond motifs is 24. The van der Waals surface area contributed by atoms with Crippen molar-refractivity contribution in [3.8, 4) is 0 Å². The molecule has 82 heavy (non-hydrogen) atoms. The van der Waals surface area contributed by atoms with E-state index >= 15 is 0 Å². The van der Waals surface area contributed by atoms with Crippen LogP contribution in [0.1, 0.15) is 78.3 Å². The van der Waals surface area contributed by atoms with Crippen molar-refractivity contribution in [2.45, 2.75) is 110 Å². The number of nitrogens with one attached hydrogen (secondary N) is 1. The second kappa shape index (κ2) is 30.8. The second-order valence-corrected chi connectivity index (χ2v) is 21.9. The highest BCUT2D eigenvalue weighted by Crippen LogP contribution is 2.29. The van der Waals surface area contributed by atoms with Gasteiger partial charge >= 0.3 is 42.2 Å². The molecular weight excluding hydrogens is 1070 g/mol. The van der Waals surface area contributed by atoms with Gasteiger partial charge in [0.25, 0.3) is 0 Å². The van der Waals surface area contributed by atoms with Gasteiger partial charge in [0.05, 0.1) is 57.6 Å². The molecule has 0 radical (unpaired) electrons. The van der Waals surface area contributed by atoms with Crippen molar-refractivity contribution < 1.29 is 76.3 Å². The summed E-state index contributed by atoms with van der Waals surface area (Å²) in [5.74, 6) is -3.33. The zero-order valence-corrected chi connectivity index (χ0v) is 47.1. The maximum atomic E-state index is 13.2. The maximum absolute atomic E-state index is 13.2. The highest BCUT2D eigenvalue weighted by Gasteiger charge is 2.52. The normalized spacial score (nSPS) is 32.7. The summed E-state index contributed by atoms with van der Waals surface area (Å²) in [5, 5.41) is 11.3. The molecule has 1 aromatic rings. The van der Waals surface area contributed by atoms with Gasteiger partial charge < -0.3 is 33.7 Å². The summed E-state index contributed by atoms with van der Waals surface area (Å²) in [7, 11) is 0. The van der Waals surface area contributed by atoms with E-state index in [0.29, 0.717) is 156 Å². The first-order valence-corrected chi connectivity index (χ1v) is 28.8. The van der Waals surface area contributed by atoms with E-state index in [1.165, 1.54) is 0 Å². The Morgan fingerprint density at radius 3 is 1.34 bits per heavy atom. The van der Waals surface area contributed by atoms with Gasteiger partial charge in [-0.3, -0.25) is 87.0 Å². The van der Waals surface area contributed by atoms with E-state index in [-0.39, 0.29) is 89.3 Å². The molecule has 1 amide bonds. The molecule has 28 nitrogen and oxygen atoms in total. The molecule has 2 spiro atoms. The number of rotatable bonds is 15. The van der Waals surface area contributed by atoms with Crippen LogP contribution in [0.15, 0.2) is 18.5 Å². The average molecular weight is 1160 g/mol. The first-order chi connectivity index (χ1) is 39.0. The number of hydrogen-bond acceptors (Lipinski definition) is 26. The molecule has 0 aromatic carbocycles. The molecule has 9 rings (SSSR count). The molecule has 458 valence electrons. The molecule has 6 unspecified atom stereocenters. The van der Waals surface area contributed by atoms with E-state index in [2.05, 4.69) is 36.9 Å². The maximum Gasteiger partial charge on any atom is 0.566 e. The molecule has 6 atom stereocenters. The molecule has 9 heterocycles. The van der Waals surface area contributed by atoms with Crippen LogP contribution in [0.3, 0.4) is 0 Å². The molecule has 28 heteroatoms. The third kappa shape index (κ3) is 20.1. The standard InChI is InChI=1S/C27H41N7O8.C26H41N5O8.CH4/c1-2-4-22(35)6-3-5-21-15-34(29-28-21)17-23-16-30-7-9-31-11-13-33-14-12-32(10-8-30)19-25(37)41-27(39-23,40-24(36)18-31)42-26(38)20-33;1-3-4-21(32)5-6-23(33)27-15-22-17-29-9-13-30-11-7-28-8-12-31(14-10-29)19-25(35)39-26(37-22,36-20(2)16-28)38-24(34)18-30;/h15,23H,2-14,16-20H2,1H3;22H,2-19H2,1H3,(H,27,33);1H4. The minimum Gasteiger partial charge on any atom is -0.400 e. The third-order valence-electron chi connectivity index (χ3n) is 15.1. The monoisotopic (exact) mass is 1160 g/mol. The van der Waals surface area contributed by atoms with Crippen LogP contribution in [0.25, 0.3) is 0 Å². The highest BCUT2D eigenvalue weighted by molar-refractivity contribution is 5.85. The Kier molecular flexibility index (Phi) is 24.1. The van der Waals surface area contributed by atoms with Crippen molar-refractivity contribution >= 4 is 47.3 Å². The number of aromatic nitrogens is 3. The summed E-state index contributed by atoms with van der Waals surface area (Å²) in [5.41, 5.74) is 0.733. The molecule has 10 bridgehead atoms. The van der Waals surface area contributed by atoms with Crippen LogP contribution < -0.4 is 5.32 Å². The second-order valence-electron chi connectivity index (χ2n) is 21.9. The summed E-state index contributed by atoms with van der Waals surface area (Å²) in [6.07, 6.45) is -0.308. The lowest BCUT2D eigenvalue weighted by Gasteiger charge is -2.36. The molecule has 8 saturated heterocycles. The van der Waals surface area contributed by atoms with Crippen molar-refractivity contribution in [3.63, 3.8) is 0 Å². The fourth-order valence-corrected chi connectivity index (χ4v) is 10.8. The van der Waals surface area contributed by atoms with Crippen molar-refractivity contribution in [1.29, 1.82) is 0 Å². The van der Waals surface area contributed by atoms with Crippen molar-refractivity contribution in [2.75, 3.05) is 164 Å². The lowest BCUT2D eigenvalue weighted by molar-refractivity contribution is -0.465. The van der Waals surface area contributed by atoms with E-state index < -0.39 is 54.4 Å². The summed E-state index contributed by atoms with van der Waals surface area (Å²) < 4.78 is 48.2. The number of Topliss-reactive ketones (excluding diaryl/α,β-unsaturated/α-hetero) is 2. The molecule has 0 saturated carbocycles. The lowest BCUT2D eigenvalue weighted by atomic mass is 10.1. The van der Waals surface area contributed by atoms with E-state index in [1.54, 1.807) is 10.9 Å². The van der Waals surface area contributed by atoms with E-state index in [1.807, 2.05) is 38.3 Å². The van der Waals surface area contributed by atoms with Crippen LogP contribution in [0, 0.1) is 0 Å². The fourth-order valence-electron chi connectivity index (χ4n) is 10.8. The Labute approximate surface area is 479 Å². The summed E-state index contributed by atoms with van der Waals surface area (Å²) in [6.45, 7) is 18.7. The van der Waals surface area contributed by atoms with Crippen molar-refractivity contribution in [3.05, 3.63) is 24.2 Å². The predicted molar refractivity (Wildman–Crippen MR) is 289 cm³/mol. The average Bonchev–Trinajstić information content (AvgIpc) is 4.01. The van der Waals surface area contributed by atoms with Crippen LogP contribution in [0.2, 0.25) is 0 Å². The zero-order valence-electron chi connectivity index (χ0n) is 47.1. The van der Waals surface area contributed by atoms with Crippen molar-refractivity contribution in [1.82, 2.24) is 59.5 Å². The topological polar surface area (TPSA) is 279 Å². The van der Waals surface area contributed by atoms with Gasteiger partial charge in [0.1, 0.15) is 23.4 Å². The van der Waals surface area contributed by atoms with Crippen LogP contribution in [0.5, 0.6) is 0 Å². The number of ether oxygens (including phenoxy) is 8. The predicted octanol–water partition coefficient (Wildman–Crippen LogP) is -1.38. The summed E-state index contributed by atoms with van der Waals surface area (Å²) in [4.78, 5) is 119. The number of carbonyl (C=O) groups is 8. The SMILES string of the molecule is C.C=C1CN2CCN3CCN4CCN(CC2)CC(=O)OC(O1)(OC(=O)C3)OC(CNC(=O)CCC(=O)CCC)C4.CCCC(=O)CCCc1cn(CC2CN3CCN4CCN5CCN(CC3)CC(=O)OC(OC(=O)C5)(OC(=O)C4)O2)nn1. The number of amides is 1. The first-order valence-electron chi connectivity index (χ1n) is 28.8. The fraction of sp³-hybridized carbons (Fsp3) is 0.778. The van der Waals surface area contributed by atoms with Crippen LogP contribution in [-0.4, -0.2) is 290 Å². The van der Waals surface area contributed by atoms with Crippen LogP contribution in [0.4, 0.5) is 0 Å². The first kappa shape index (κ1) is 64.0. The van der Waals surface area contributed by atoms with Crippen LogP contribution >= 0.6 is 0 Å². The van der Waals surface area contributed by atoms with Gasteiger partial charge in [-0.25, -0.2) is 4.68 Å². The zero-order chi connectivity index (χ0) is 57.4. The Balaban J connectivity index is 0.000000234. The quantitative estimate of drug-likeness (QED) is 0.198. The minimum absolute atomic E-state index is 0. The summed E-state index contributed by atoms with van der Waals surface area (Å²) >= 11 is 0. The molecule has 0 aliphatic carbocycles. The number of hydrogen-bond donors (Lipinski definition) is 1. The number of esters is 5.